The first-order valence-electron chi connectivity index (χ1n) is 9.37. The van der Waals surface area contributed by atoms with E-state index in [1.807, 2.05) is 12.1 Å². The molecule has 3 heterocycles. The maximum Gasteiger partial charge on any atom is 0.233 e. The van der Waals surface area contributed by atoms with Gasteiger partial charge in [-0.1, -0.05) is 0 Å². The molecule has 1 aliphatic rings. The van der Waals surface area contributed by atoms with Crippen LogP contribution < -0.4 is 16.0 Å². The van der Waals surface area contributed by atoms with E-state index < -0.39 is 0 Å². The second kappa shape index (κ2) is 9.22. The van der Waals surface area contributed by atoms with Crippen molar-refractivity contribution in [3.05, 3.63) is 48.4 Å². The van der Waals surface area contributed by atoms with Gasteiger partial charge in [-0.25, -0.2) is 0 Å². The van der Waals surface area contributed by atoms with Crippen molar-refractivity contribution in [2.45, 2.75) is 6.54 Å². The standard InChI is InChI=1S/C19H23N7O3/c27-15-5-3-14(4-6-15)22-19-24-17(20-12-16-2-1-9-29-16)23-18(25-19)21-13-26-7-10-28-11-8-26/h1-6,9,27H,7-8,10-13H2,(H3,20,21,22,23,24,25). The first-order chi connectivity index (χ1) is 14.2. The summed E-state index contributed by atoms with van der Waals surface area (Å²) in [7, 11) is 0. The lowest BCUT2D eigenvalue weighted by Gasteiger charge is -2.26. The topological polar surface area (TPSA) is 121 Å². The Morgan fingerprint density at radius 3 is 2.38 bits per heavy atom. The predicted octanol–water partition coefficient (Wildman–Crippen LogP) is 2.23. The van der Waals surface area contributed by atoms with Gasteiger partial charge in [-0.05, 0) is 36.4 Å². The summed E-state index contributed by atoms with van der Waals surface area (Å²) in [6, 6.07) is 10.4. The lowest BCUT2D eigenvalue weighted by molar-refractivity contribution is 0.0414. The van der Waals surface area contributed by atoms with Crippen LogP contribution in [-0.2, 0) is 11.3 Å². The molecule has 4 rings (SSSR count). The van der Waals surface area contributed by atoms with E-state index in [0.29, 0.717) is 31.1 Å². The number of hydrogen-bond donors (Lipinski definition) is 4. The van der Waals surface area contributed by atoms with Gasteiger partial charge in [-0.2, -0.15) is 15.0 Å². The number of morpholine rings is 1. The highest BCUT2D eigenvalue weighted by Crippen LogP contribution is 2.19. The van der Waals surface area contributed by atoms with Crippen LogP contribution in [0.2, 0.25) is 0 Å². The van der Waals surface area contributed by atoms with E-state index in [4.69, 9.17) is 9.15 Å². The van der Waals surface area contributed by atoms with Gasteiger partial charge in [0.1, 0.15) is 11.5 Å². The lowest BCUT2D eigenvalue weighted by atomic mass is 10.3. The van der Waals surface area contributed by atoms with Gasteiger partial charge in [0.25, 0.3) is 0 Å². The molecule has 152 valence electrons. The fourth-order valence-corrected chi connectivity index (χ4v) is 2.78. The van der Waals surface area contributed by atoms with E-state index in [1.54, 1.807) is 30.5 Å². The maximum absolute atomic E-state index is 9.45. The van der Waals surface area contributed by atoms with E-state index in [0.717, 1.165) is 37.8 Å². The summed E-state index contributed by atoms with van der Waals surface area (Å²) in [6.07, 6.45) is 1.62. The summed E-state index contributed by atoms with van der Waals surface area (Å²) < 4.78 is 10.7. The molecule has 0 unspecified atom stereocenters. The zero-order valence-electron chi connectivity index (χ0n) is 15.8. The Kier molecular flexibility index (Phi) is 6.03. The van der Waals surface area contributed by atoms with E-state index in [9.17, 15) is 5.11 Å². The number of phenols is 1. The predicted molar refractivity (Wildman–Crippen MR) is 108 cm³/mol. The zero-order chi connectivity index (χ0) is 19.9. The number of furan rings is 1. The van der Waals surface area contributed by atoms with Gasteiger partial charge in [-0.3, -0.25) is 4.90 Å². The average molecular weight is 397 g/mol. The van der Waals surface area contributed by atoms with Gasteiger partial charge < -0.3 is 30.2 Å². The maximum atomic E-state index is 9.45. The van der Waals surface area contributed by atoms with E-state index >= 15 is 0 Å². The van der Waals surface area contributed by atoms with Crippen LogP contribution in [-0.4, -0.2) is 57.9 Å². The third-order valence-electron chi connectivity index (χ3n) is 4.32. The molecule has 4 N–H and O–H groups in total. The van der Waals surface area contributed by atoms with Crippen LogP contribution in [0.1, 0.15) is 5.76 Å². The number of hydrogen-bond acceptors (Lipinski definition) is 10. The summed E-state index contributed by atoms with van der Waals surface area (Å²) in [5.41, 5.74) is 0.755. The van der Waals surface area contributed by atoms with E-state index in [-0.39, 0.29) is 5.75 Å². The quantitative estimate of drug-likeness (QED) is 0.421. The Hall–Kier alpha value is -3.37. The fourth-order valence-electron chi connectivity index (χ4n) is 2.78. The molecule has 0 spiro atoms. The molecule has 3 aromatic rings. The van der Waals surface area contributed by atoms with Crippen molar-refractivity contribution in [2.75, 3.05) is 48.9 Å². The summed E-state index contributed by atoms with van der Waals surface area (Å²) >= 11 is 0. The molecule has 29 heavy (non-hydrogen) atoms. The molecular formula is C19H23N7O3. The van der Waals surface area contributed by atoms with Gasteiger partial charge >= 0.3 is 0 Å². The second-order valence-electron chi connectivity index (χ2n) is 6.48. The number of anilines is 4. The molecule has 10 nitrogen and oxygen atoms in total. The number of benzene rings is 1. The summed E-state index contributed by atoms with van der Waals surface area (Å²) in [6.45, 7) is 4.24. The first kappa shape index (κ1) is 19.0. The monoisotopic (exact) mass is 397 g/mol. The van der Waals surface area contributed by atoms with Crippen LogP contribution in [0.25, 0.3) is 0 Å². The Morgan fingerprint density at radius 1 is 0.931 bits per heavy atom. The SMILES string of the molecule is Oc1ccc(Nc2nc(NCc3ccco3)nc(NCN3CCOCC3)n2)cc1. The molecule has 0 radical (unpaired) electrons. The number of rotatable bonds is 8. The van der Waals surface area contributed by atoms with Crippen molar-refractivity contribution in [3.8, 4) is 5.75 Å². The molecule has 0 saturated carbocycles. The van der Waals surface area contributed by atoms with Crippen molar-refractivity contribution in [2.24, 2.45) is 0 Å². The average Bonchev–Trinajstić information content (AvgIpc) is 3.27. The molecule has 0 atom stereocenters. The normalized spacial score (nSPS) is 14.5. The smallest absolute Gasteiger partial charge is 0.233 e. The highest BCUT2D eigenvalue weighted by atomic mass is 16.5. The van der Waals surface area contributed by atoms with Crippen LogP contribution in [0.5, 0.6) is 5.75 Å². The summed E-state index contributed by atoms with van der Waals surface area (Å²) in [5, 5.41) is 19.0. The Bertz CT molecular complexity index is 897. The molecule has 0 bridgehead atoms. The number of nitrogens with zero attached hydrogens (tertiary/aromatic N) is 4. The largest absolute Gasteiger partial charge is 0.508 e. The van der Waals surface area contributed by atoms with Crippen molar-refractivity contribution < 1.29 is 14.3 Å². The molecule has 1 aliphatic heterocycles. The minimum absolute atomic E-state index is 0.194. The lowest BCUT2D eigenvalue weighted by Crippen LogP contribution is -2.39. The van der Waals surface area contributed by atoms with Gasteiger partial charge in [0.05, 0.1) is 32.7 Å². The first-order valence-corrected chi connectivity index (χ1v) is 9.37. The highest BCUT2D eigenvalue weighted by Gasteiger charge is 2.12. The number of ether oxygens (including phenoxy) is 1. The van der Waals surface area contributed by atoms with Crippen LogP contribution in [0.3, 0.4) is 0 Å². The van der Waals surface area contributed by atoms with E-state index in [1.165, 1.54) is 0 Å². The Balaban J connectivity index is 1.48. The molecule has 0 aliphatic carbocycles. The Morgan fingerprint density at radius 2 is 1.66 bits per heavy atom. The molecule has 10 heteroatoms. The zero-order valence-corrected chi connectivity index (χ0v) is 15.8. The van der Waals surface area contributed by atoms with Crippen LogP contribution in [0.15, 0.2) is 47.1 Å². The fraction of sp³-hybridized carbons (Fsp3) is 0.316. The van der Waals surface area contributed by atoms with Gasteiger partial charge in [0.15, 0.2) is 0 Å². The van der Waals surface area contributed by atoms with E-state index in [2.05, 4.69) is 35.8 Å². The number of nitrogens with one attached hydrogen (secondary N) is 3. The van der Waals surface area contributed by atoms with Crippen LogP contribution in [0.4, 0.5) is 23.5 Å². The summed E-state index contributed by atoms with van der Waals surface area (Å²) in [4.78, 5) is 15.6. The molecule has 0 amide bonds. The van der Waals surface area contributed by atoms with Crippen molar-refractivity contribution in [1.82, 2.24) is 19.9 Å². The number of aromatic hydroxyl groups is 1. The molecule has 1 saturated heterocycles. The number of phenolic OH excluding ortho intramolecular Hbond substituents is 1. The van der Waals surface area contributed by atoms with Crippen molar-refractivity contribution in [1.29, 1.82) is 0 Å². The molecular weight excluding hydrogens is 374 g/mol. The minimum Gasteiger partial charge on any atom is -0.508 e. The Labute approximate surface area is 167 Å². The van der Waals surface area contributed by atoms with Gasteiger partial charge in [0, 0.05) is 18.8 Å². The third-order valence-corrected chi connectivity index (χ3v) is 4.32. The molecule has 1 aromatic carbocycles. The van der Waals surface area contributed by atoms with Crippen molar-refractivity contribution in [3.63, 3.8) is 0 Å². The van der Waals surface area contributed by atoms with Crippen LogP contribution in [0, 0.1) is 0 Å². The third kappa shape index (κ3) is 5.56. The second-order valence-corrected chi connectivity index (χ2v) is 6.48. The minimum atomic E-state index is 0.194. The van der Waals surface area contributed by atoms with Crippen LogP contribution >= 0.6 is 0 Å². The highest BCUT2D eigenvalue weighted by molar-refractivity contribution is 5.56. The molecule has 1 fully saturated rings. The van der Waals surface area contributed by atoms with Gasteiger partial charge in [-0.15, -0.1) is 0 Å². The number of aromatic nitrogens is 3. The molecule has 2 aromatic heterocycles. The van der Waals surface area contributed by atoms with Gasteiger partial charge in [0.2, 0.25) is 17.8 Å². The van der Waals surface area contributed by atoms with Crippen molar-refractivity contribution >= 4 is 23.5 Å². The summed E-state index contributed by atoms with van der Waals surface area (Å²) in [5.74, 6) is 2.23.